The van der Waals surface area contributed by atoms with E-state index in [1.54, 1.807) is 0 Å². The smallest absolute Gasteiger partial charge is 0.136 e. The van der Waals surface area contributed by atoms with Crippen LogP contribution in [0, 0.1) is 5.41 Å². The molecule has 3 nitrogen and oxygen atoms in total. The average Bonchev–Trinajstić information content (AvgIpc) is 3.92. The van der Waals surface area contributed by atoms with Crippen molar-refractivity contribution in [2.75, 3.05) is 9.80 Å². The number of nitrogens with zero attached hydrogens (tertiary/aromatic N) is 2. The van der Waals surface area contributed by atoms with Gasteiger partial charge in [-0.3, -0.25) is 0 Å². The van der Waals surface area contributed by atoms with Crippen molar-refractivity contribution in [1.82, 2.24) is 0 Å². The summed E-state index contributed by atoms with van der Waals surface area (Å²) in [7, 11) is 0. The van der Waals surface area contributed by atoms with Crippen LogP contribution in [-0.2, 0) is 17.3 Å². The largest absolute Gasteiger partial charge is 0.456 e. The van der Waals surface area contributed by atoms with Crippen LogP contribution in [0.1, 0.15) is 103 Å². The van der Waals surface area contributed by atoms with E-state index in [-0.39, 0.29) is 16.2 Å². The van der Waals surface area contributed by atoms with Crippen LogP contribution in [0.15, 0.2) is 198 Å². The number of hydrogen-bond acceptors (Lipinski definition) is 3. The Morgan fingerprint density at radius 2 is 1.01 bits per heavy atom. The van der Waals surface area contributed by atoms with Crippen LogP contribution in [0.4, 0.5) is 28.4 Å². The molecule has 1 heterocycles. The summed E-state index contributed by atoms with van der Waals surface area (Å²) in [6.45, 7) is 20.6. The van der Waals surface area contributed by atoms with E-state index in [9.17, 15) is 0 Å². The fraction of sp³-hybridized carbons (Fsp3) is 0.224. The summed E-state index contributed by atoms with van der Waals surface area (Å²) >= 11 is 0. The molecular weight excluding hydrogens is 849 g/mol. The monoisotopic (exact) mass is 913 g/mol. The Bertz CT molecular complexity index is 3540. The fourth-order valence-electron chi connectivity index (χ4n) is 10.7. The molecule has 348 valence electrons. The van der Waals surface area contributed by atoms with Crippen LogP contribution < -0.4 is 9.80 Å². The summed E-state index contributed by atoms with van der Waals surface area (Å²) in [5, 5.41) is 4.61. The van der Waals surface area contributed by atoms with Gasteiger partial charge in [-0.25, -0.2) is 0 Å². The Kier molecular flexibility index (Phi) is 11.1. The molecule has 0 amide bonds. The van der Waals surface area contributed by atoms with Crippen LogP contribution >= 0.6 is 0 Å². The van der Waals surface area contributed by atoms with Crippen molar-refractivity contribution >= 4 is 72.8 Å². The lowest BCUT2D eigenvalue weighted by molar-refractivity contribution is 0.482. The highest BCUT2D eigenvalue weighted by Crippen LogP contribution is 2.47. The second-order valence-corrected chi connectivity index (χ2v) is 22.6. The first-order valence-corrected chi connectivity index (χ1v) is 25.2. The van der Waals surface area contributed by atoms with Crippen molar-refractivity contribution in [3.63, 3.8) is 0 Å². The molecule has 2 aliphatic rings. The van der Waals surface area contributed by atoms with E-state index >= 15 is 0 Å². The molecule has 9 aromatic rings. The van der Waals surface area contributed by atoms with Gasteiger partial charge >= 0.3 is 0 Å². The number of hydrogen-bond donors (Lipinski definition) is 0. The van der Waals surface area contributed by atoms with Crippen molar-refractivity contribution in [2.45, 2.75) is 92.4 Å². The van der Waals surface area contributed by atoms with Crippen LogP contribution in [0.25, 0.3) is 55.5 Å². The highest BCUT2D eigenvalue weighted by Gasteiger charge is 2.28. The van der Waals surface area contributed by atoms with Gasteiger partial charge in [0.2, 0.25) is 0 Å². The minimum Gasteiger partial charge on any atom is -0.456 e. The maximum absolute atomic E-state index is 6.85. The molecule has 1 aromatic heterocycles. The predicted octanol–water partition coefficient (Wildman–Crippen LogP) is 19.4. The molecule has 70 heavy (non-hydrogen) atoms. The van der Waals surface area contributed by atoms with E-state index in [2.05, 4.69) is 260 Å². The zero-order valence-electron chi connectivity index (χ0n) is 42.3. The van der Waals surface area contributed by atoms with E-state index in [1.807, 2.05) is 0 Å². The molecule has 0 atom stereocenters. The standard InChI is InChI=1S/C67H64N2O/c1-65(2,3)50-26-23-45(24-27-50)58-20-14-16-22-62(58)69(54-35-30-52(31-36-54)67(7,8)9)56-38-47-41-60-59-40-46-25-32-55(37-48(46)42-63(59)70-64(60)43-49(47)39-56)68(53-33-28-51(29-34-53)66(4,5)6)61-21-15-13-19-57(61)44-17-11-10-12-18-44/h10-23,25-26,28-37,39-43H,24,27,38H2,1-9H3. The van der Waals surface area contributed by atoms with Gasteiger partial charge in [-0.05, 0) is 152 Å². The quantitative estimate of drug-likeness (QED) is 0.151. The third-order valence-electron chi connectivity index (χ3n) is 14.7. The lowest BCUT2D eigenvalue weighted by atomic mass is 9.79. The van der Waals surface area contributed by atoms with Gasteiger partial charge in [0.1, 0.15) is 11.2 Å². The molecule has 0 N–H and O–H groups in total. The van der Waals surface area contributed by atoms with Crippen LogP contribution in [-0.4, -0.2) is 0 Å². The zero-order chi connectivity index (χ0) is 48.5. The van der Waals surface area contributed by atoms with Gasteiger partial charge in [0.05, 0.1) is 11.4 Å². The van der Waals surface area contributed by atoms with Crippen LogP contribution in [0.2, 0.25) is 0 Å². The second-order valence-electron chi connectivity index (χ2n) is 22.6. The average molecular weight is 913 g/mol. The van der Waals surface area contributed by atoms with Crippen molar-refractivity contribution in [1.29, 1.82) is 0 Å². The first kappa shape index (κ1) is 45.1. The molecule has 0 saturated carbocycles. The lowest BCUT2D eigenvalue weighted by Gasteiger charge is -2.31. The summed E-state index contributed by atoms with van der Waals surface area (Å²) in [6.07, 6.45) is 10.1. The molecule has 0 spiro atoms. The van der Waals surface area contributed by atoms with Gasteiger partial charge in [-0.15, -0.1) is 0 Å². The summed E-state index contributed by atoms with van der Waals surface area (Å²) < 4.78 is 6.85. The summed E-state index contributed by atoms with van der Waals surface area (Å²) in [5.41, 5.74) is 20.8. The van der Waals surface area contributed by atoms with E-state index in [0.717, 1.165) is 63.6 Å². The van der Waals surface area contributed by atoms with Crippen molar-refractivity contribution < 1.29 is 4.42 Å². The van der Waals surface area contributed by atoms with Crippen molar-refractivity contribution in [3.05, 3.63) is 221 Å². The van der Waals surface area contributed by atoms with Gasteiger partial charge in [-0.2, -0.15) is 0 Å². The fourth-order valence-corrected chi connectivity index (χ4v) is 10.7. The van der Waals surface area contributed by atoms with E-state index in [1.165, 1.54) is 72.5 Å². The molecule has 0 radical (unpaired) electrons. The number of rotatable bonds is 8. The van der Waals surface area contributed by atoms with Gasteiger partial charge in [0.25, 0.3) is 0 Å². The topological polar surface area (TPSA) is 19.6 Å². The Balaban J connectivity index is 0.989. The van der Waals surface area contributed by atoms with Crippen LogP contribution in [0.5, 0.6) is 0 Å². The van der Waals surface area contributed by atoms with Gasteiger partial charge < -0.3 is 14.2 Å². The van der Waals surface area contributed by atoms with Gasteiger partial charge in [0, 0.05) is 51.1 Å². The molecule has 8 aromatic carbocycles. The van der Waals surface area contributed by atoms with Gasteiger partial charge in [-0.1, -0.05) is 177 Å². The van der Waals surface area contributed by atoms with Crippen LogP contribution in [0.3, 0.4) is 0 Å². The maximum atomic E-state index is 6.85. The molecule has 0 saturated heterocycles. The number of anilines is 5. The number of furan rings is 1. The van der Waals surface area contributed by atoms with E-state index < -0.39 is 0 Å². The number of para-hydroxylation sites is 2. The maximum Gasteiger partial charge on any atom is 0.136 e. The van der Waals surface area contributed by atoms with E-state index in [0.29, 0.717) is 0 Å². The normalized spacial score (nSPS) is 14.2. The minimum absolute atomic E-state index is 0.0537. The van der Waals surface area contributed by atoms with Crippen molar-refractivity contribution in [3.8, 4) is 11.1 Å². The highest BCUT2D eigenvalue weighted by molar-refractivity contribution is 6.11. The zero-order valence-corrected chi connectivity index (χ0v) is 42.3. The summed E-state index contributed by atoms with van der Waals surface area (Å²) in [5.74, 6) is 0. The number of allylic oxidation sites excluding steroid dienone is 5. The molecule has 0 bridgehead atoms. The molecule has 3 heteroatoms. The lowest BCUT2D eigenvalue weighted by Crippen LogP contribution is -2.19. The number of benzene rings is 8. The Morgan fingerprint density at radius 1 is 0.443 bits per heavy atom. The molecule has 0 unspecified atom stereocenters. The Hall–Kier alpha value is -7.36. The van der Waals surface area contributed by atoms with Gasteiger partial charge in [0.15, 0.2) is 0 Å². The third kappa shape index (κ3) is 8.46. The SMILES string of the molecule is CC(C)(C)C1=CC=C(c2ccccc2N(C2=Cc3cc4oc5cc6cc(N(c7ccc(C(C)(C)C)cc7)c7ccccc7-c7ccccc7)ccc6cc5c4cc3C2)c2ccc(C(C)(C)C)cc2)CC1. The summed E-state index contributed by atoms with van der Waals surface area (Å²) in [6, 6.07) is 62.9. The molecular formula is C67H64N2O. The number of fused-ring (bicyclic) bond motifs is 5. The van der Waals surface area contributed by atoms with E-state index in [4.69, 9.17) is 4.42 Å². The minimum atomic E-state index is 0.0537. The third-order valence-corrected chi connectivity index (χ3v) is 14.7. The molecule has 2 aliphatic carbocycles. The predicted molar refractivity (Wildman–Crippen MR) is 300 cm³/mol. The van der Waals surface area contributed by atoms with Crippen molar-refractivity contribution in [2.24, 2.45) is 5.41 Å². The summed E-state index contributed by atoms with van der Waals surface area (Å²) in [4.78, 5) is 4.91. The molecule has 0 aliphatic heterocycles. The second kappa shape index (κ2) is 17.2. The first-order valence-electron chi connectivity index (χ1n) is 25.2. The molecule has 0 fully saturated rings. The highest BCUT2D eigenvalue weighted by atomic mass is 16.3. The molecule has 11 rings (SSSR count). The Morgan fingerprint density at radius 3 is 1.64 bits per heavy atom. The Labute approximate surface area is 415 Å². The first-order chi connectivity index (χ1) is 33.6.